The molecule has 0 atom stereocenters. The monoisotopic (exact) mass is 689 g/mol. The molecule has 0 aliphatic carbocycles. The van der Waals surface area contributed by atoms with Gasteiger partial charge in [0.1, 0.15) is 17.2 Å². The van der Waals surface area contributed by atoms with Gasteiger partial charge < -0.3 is 25.5 Å². The molecule has 0 radical (unpaired) electrons. The molecule has 1 fully saturated rings. The van der Waals surface area contributed by atoms with E-state index in [2.05, 4.69) is 10.3 Å². The van der Waals surface area contributed by atoms with Crippen molar-refractivity contribution in [3.05, 3.63) is 124 Å². The molecule has 1 amide bonds. The smallest absolute Gasteiger partial charge is 0.261 e. The van der Waals surface area contributed by atoms with Gasteiger partial charge in [0.2, 0.25) is 5.43 Å². The first kappa shape index (κ1) is 35.7. The van der Waals surface area contributed by atoms with E-state index in [1.807, 2.05) is 78.0 Å². The number of carbonyl (C=O) groups excluding carboxylic acids is 1. The van der Waals surface area contributed by atoms with Crippen molar-refractivity contribution in [1.82, 2.24) is 14.5 Å². The number of nitrogens with zero attached hydrogens (tertiary/aromatic N) is 3. The van der Waals surface area contributed by atoms with Gasteiger partial charge in [0.25, 0.3) is 5.91 Å². The standard InChI is InChI=1S/C41H44FN5O4/c1-3-46(16-17-48)24-32-9-8-31(21-38(32)42)33-20-35(40(43)44-22-33)29-10-12-34(13-11-29)45-41(50)37-26-47(23-28-14-18-51-19-15-28)25-36(39(37)49)30-6-4-27(2)5-7-30/h4-13,20-22,25-26,28,48H,3,14-19,23-24H2,1-2H3,(H2,43,44)(H,45,50). The zero-order valence-electron chi connectivity index (χ0n) is 29.1. The Morgan fingerprint density at radius 2 is 1.67 bits per heavy atom. The molecule has 10 heteroatoms. The molecule has 3 aromatic carbocycles. The third kappa shape index (κ3) is 8.60. The molecule has 1 aliphatic rings. The molecule has 0 bridgehead atoms. The Labute approximate surface area is 297 Å². The van der Waals surface area contributed by atoms with Crippen LogP contribution in [0.4, 0.5) is 15.9 Å². The van der Waals surface area contributed by atoms with Crippen molar-refractivity contribution in [2.45, 2.75) is 39.8 Å². The third-order valence-corrected chi connectivity index (χ3v) is 9.51. The highest BCUT2D eigenvalue weighted by atomic mass is 19.1. The minimum atomic E-state index is -0.491. The van der Waals surface area contributed by atoms with Gasteiger partial charge in [-0.1, -0.05) is 61.0 Å². The minimum absolute atomic E-state index is 0.0152. The van der Waals surface area contributed by atoms with E-state index in [9.17, 15) is 14.7 Å². The van der Waals surface area contributed by atoms with Gasteiger partial charge in [-0.15, -0.1) is 0 Å². The Balaban J connectivity index is 1.22. The van der Waals surface area contributed by atoms with Crippen molar-refractivity contribution in [1.29, 1.82) is 0 Å². The number of likely N-dealkylation sites (N-methyl/N-ethyl adjacent to an activating group) is 1. The molecule has 9 nitrogen and oxygen atoms in total. The number of anilines is 2. The van der Waals surface area contributed by atoms with Crippen LogP contribution in [0.1, 0.15) is 41.3 Å². The van der Waals surface area contributed by atoms with E-state index in [1.165, 1.54) is 6.07 Å². The van der Waals surface area contributed by atoms with Crippen molar-refractivity contribution >= 4 is 17.4 Å². The summed E-state index contributed by atoms with van der Waals surface area (Å²) in [4.78, 5) is 33.8. The Kier molecular flexibility index (Phi) is 11.4. The molecular formula is C41H44FN5O4. The van der Waals surface area contributed by atoms with E-state index in [-0.39, 0.29) is 23.4 Å². The number of nitrogen functional groups attached to an aromatic ring is 1. The molecule has 3 heterocycles. The second-order valence-electron chi connectivity index (χ2n) is 13.1. The molecule has 0 unspecified atom stereocenters. The Morgan fingerprint density at radius 1 is 0.980 bits per heavy atom. The first-order valence-corrected chi connectivity index (χ1v) is 17.4. The molecule has 0 spiro atoms. The Bertz CT molecular complexity index is 2040. The maximum atomic E-state index is 15.1. The van der Waals surface area contributed by atoms with Crippen LogP contribution in [-0.2, 0) is 17.8 Å². The molecular weight excluding hydrogens is 645 g/mol. The minimum Gasteiger partial charge on any atom is -0.395 e. The van der Waals surface area contributed by atoms with Crippen molar-refractivity contribution in [2.75, 3.05) is 44.0 Å². The number of carbonyl (C=O) groups is 1. The summed E-state index contributed by atoms with van der Waals surface area (Å²) in [7, 11) is 0. The maximum Gasteiger partial charge on any atom is 0.261 e. The number of pyridine rings is 2. The van der Waals surface area contributed by atoms with Crippen LogP contribution in [-0.4, -0.2) is 58.4 Å². The average Bonchev–Trinajstić information content (AvgIpc) is 3.14. The van der Waals surface area contributed by atoms with Crippen LogP contribution < -0.4 is 16.5 Å². The fourth-order valence-electron chi connectivity index (χ4n) is 6.45. The normalized spacial score (nSPS) is 13.4. The van der Waals surface area contributed by atoms with Crippen LogP contribution in [0.3, 0.4) is 0 Å². The van der Waals surface area contributed by atoms with E-state index in [1.54, 1.807) is 30.6 Å². The van der Waals surface area contributed by atoms with Crippen molar-refractivity contribution in [2.24, 2.45) is 5.92 Å². The van der Waals surface area contributed by atoms with Crippen molar-refractivity contribution in [3.63, 3.8) is 0 Å². The molecule has 2 aromatic heterocycles. The number of nitrogens with two attached hydrogens (primary N) is 1. The van der Waals surface area contributed by atoms with E-state index in [0.717, 1.165) is 29.5 Å². The quantitative estimate of drug-likeness (QED) is 0.132. The zero-order valence-corrected chi connectivity index (χ0v) is 29.1. The topological polar surface area (TPSA) is 123 Å². The lowest BCUT2D eigenvalue weighted by molar-refractivity contribution is 0.0612. The number of halogens is 1. The molecule has 1 aliphatic heterocycles. The number of benzene rings is 3. The molecule has 51 heavy (non-hydrogen) atoms. The number of rotatable bonds is 12. The van der Waals surface area contributed by atoms with Gasteiger partial charge in [0.15, 0.2) is 0 Å². The lowest BCUT2D eigenvalue weighted by Crippen LogP contribution is -2.26. The van der Waals surface area contributed by atoms with Gasteiger partial charge in [-0.25, -0.2) is 9.37 Å². The molecule has 4 N–H and O–H groups in total. The Hall–Kier alpha value is -5.16. The molecule has 264 valence electrons. The van der Waals surface area contributed by atoms with Crippen LogP contribution in [0.25, 0.3) is 33.4 Å². The zero-order chi connectivity index (χ0) is 35.9. The highest BCUT2D eigenvalue weighted by Gasteiger charge is 2.20. The fraction of sp³-hybridized carbons (Fsp3) is 0.293. The number of aryl methyl sites for hydroxylation is 1. The number of aliphatic hydroxyl groups is 1. The number of hydrogen-bond acceptors (Lipinski definition) is 7. The van der Waals surface area contributed by atoms with Gasteiger partial charge in [-0.3, -0.25) is 14.5 Å². The molecule has 1 saturated heterocycles. The summed E-state index contributed by atoms with van der Waals surface area (Å²) in [5, 5.41) is 12.2. The highest BCUT2D eigenvalue weighted by Crippen LogP contribution is 2.31. The van der Waals surface area contributed by atoms with Gasteiger partial charge in [-0.05, 0) is 73.2 Å². The SMILES string of the molecule is CCN(CCO)Cc1ccc(-c2cnc(N)c(-c3ccc(NC(=O)c4cn(CC5CCOCC5)cc(-c5ccc(C)cc5)c4=O)cc3)c2)cc1F. The predicted molar refractivity (Wildman–Crippen MR) is 200 cm³/mol. The number of amides is 1. The van der Waals surface area contributed by atoms with Gasteiger partial charge in [0.05, 0.1) is 6.61 Å². The number of hydrogen-bond donors (Lipinski definition) is 3. The number of ether oxygens (including phenoxy) is 1. The summed E-state index contributed by atoms with van der Waals surface area (Å²) in [6.45, 7) is 7.67. The molecule has 6 rings (SSSR count). The number of aliphatic hydroxyl groups excluding tert-OH is 1. The first-order chi connectivity index (χ1) is 24.7. The van der Waals surface area contributed by atoms with Gasteiger partial charge in [-0.2, -0.15) is 0 Å². The molecule has 0 saturated carbocycles. The van der Waals surface area contributed by atoms with E-state index in [0.29, 0.717) is 84.6 Å². The highest BCUT2D eigenvalue weighted by molar-refractivity contribution is 6.04. The second-order valence-corrected chi connectivity index (χ2v) is 13.1. The van der Waals surface area contributed by atoms with E-state index < -0.39 is 5.91 Å². The van der Waals surface area contributed by atoms with Crippen molar-refractivity contribution < 1.29 is 19.0 Å². The first-order valence-electron chi connectivity index (χ1n) is 17.4. The number of nitrogens with one attached hydrogen (secondary N) is 1. The summed E-state index contributed by atoms with van der Waals surface area (Å²) >= 11 is 0. The van der Waals surface area contributed by atoms with Gasteiger partial charge in [0, 0.05) is 79.4 Å². The van der Waals surface area contributed by atoms with E-state index >= 15 is 4.39 Å². The Morgan fingerprint density at radius 3 is 2.35 bits per heavy atom. The van der Waals surface area contributed by atoms with Gasteiger partial charge >= 0.3 is 0 Å². The van der Waals surface area contributed by atoms with Crippen LogP contribution in [0.15, 0.2) is 96.2 Å². The van der Waals surface area contributed by atoms with Crippen LogP contribution >= 0.6 is 0 Å². The maximum absolute atomic E-state index is 15.1. The summed E-state index contributed by atoms with van der Waals surface area (Å²) in [5.74, 6) is -0.117. The predicted octanol–water partition coefficient (Wildman–Crippen LogP) is 6.77. The van der Waals surface area contributed by atoms with E-state index in [4.69, 9.17) is 10.5 Å². The second kappa shape index (κ2) is 16.2. The lowest BCUT2D eigenvalue weighted by Gasteiger charge is -2.23. The summed E-state index contributed by atoms with van der Waals surface area (Å²) < 4.78 is 22.6. The van der Waals surface area contributed by atoms with Crippen molar-refractivity contribution in [3.8, 4) is 33.4 Å². The van der Waals surface area contributed by atoms with Crippen LogP contribution in [0, 0.1) is 18.7 Å². The summed E-state index contributed by atoms with van der Waals surface area (Å²) in [6, 6.07) is 21.9. The number of aromatic nitrogens is 2. The summed E-state index contributed by atoms with van der Waals surface area (Å²) in [6.07, 6.45) is 6.97. The fourth-order valence-corrected chi connectivity index (χ4v) is 6.45. The largest absolute Gasteiger partial charge is 0.395 e. The average molecular weight is 690 g/mol. The third-order valence-electron chi connectivity index (χ3n) is 9.51. The summed E-state index contributed by atoms with van der Waals surface area (Å²) in [5.41, 5.74) is 12.2. The van der Waals surface area contributed by atoms with Crippen LogP contribution in [0.2, 0.25) is 0 Å². The lowest BCUT2D eigenvalue weighted by atomic mass is 9.99. The van der Waals surface area contributed by atoms with Crippen LogP contribution in [0.5, 0.6) is 0 Å². The molecule has 5 aromatic rings.